The van der Waals surface area contributed by atoms with Crippen molar-refractivity contribution in [3.8, 4) is 0 Å². The molecular weight excluding hydrogens is 324 g/mol. The highest BCUT2D eigenvalue weighted by molar-refractivity contribution is 5.97. The number of hydrogen-bond acceptors (Lipinski definition) is 7. The van der Waals surface area contributed by atoms with Crippen LogP contribution in [-0.4, -0.2) is 63.1 Å². The van der Waals surface area contributed by atoms with Gasteiger partial charge in [-0.2, -0.15) is 4.98 Å². The summed E-state index contributed by atoms with van der Waals surface area (Å²) in [6, 6.07) is -0.0836. The Morgan fingerprint density at radius 3 is 2.80 bits per heavy atom. The normalized spacial score (nSPS) is 18.2. The van der Waals surface area contributed by atoms with Crippen LogP contribution in [0.25, 0.3) is 0 Å². The molecule has 1 unspecified atom stereocenters. The number of primary amides is 1. The van der Waals surface area contributed by atoms with Crippen LogP contribution in [0.15, 0.2) is 6.20 Å². The molecule has 1 saturated heterocycles. The first-order valence-corrected chi connectivity index (χ1v) is 8.30. The molecule has 1 aliphatic heterocycles. The van der Waals surface area contributed by atoms with Crippen molar-refractivity contribution >= 4 is 23.6 Å². The molecular formula is C16H26N6O3. The summed E-state index contributed by atoms with van der Waals surface area (Å²) < 4.78 is 0. The van der Waals surface area contributed by atoms with Gasteiger partial charge in [-0.1, -0.05) is 0 Å². The third kappa shape index (κ3) is 5.28. The molecule has 9 nitrogen and oxygen atoms in total. The van der Waals surface area contributed by atoms with Crippen LogP contribution in [-0.2, 0) is 4.79 Å². The lowest BCUT2D eigenvalue weighted by atomic mass is 10.0. The maximum atomic E-state index is 11.8. The molecule has 1 atom stereocenters. The lowest BCUT2D eigenvalue weighted by Crippen LogP contribution is -2.46. The van der Waals surface area contributed by atoms with Gasteiger partial charge in [-0.25, -0.2) is 4.98 Å². The summed E-state index contributed by atoms with van der Waals surface area (Å²) in [7, 11) is 0. The van der Waals surface area contributed by atoms with Gasteiger partial charge in [0, 0.05) is 37.3 Å². The fourth-order valence-electron chi connectivity index (χ4n) is 2.63. The van der Waals surface area contributed by atoms with Crippen LogP contribution in [0.3, 0.4) is 0 Å². The summed E-state index contributed by atoms with van der Waals surface area (Å²) >= 11 is 0. The summed E-state index contributed by atoms with van der Waals surface area (Å²) in [4.78, 5) is 33.6. The average molecular weight is 350 g/mol. The Balaban J connectivity index is 2.19. The first-order valence-electron chi connectivity index (χ1n) is 8.30. The SMILES string of the molecule is CC(C)(C)Nc1ncc(C(N)=O)c(NC2CCC(=O)N(CCO)C2)n1. The summed E-state index contributed by atoms with van der Waals surface area (Å²) in [6.45, 7) is 6.57. The molecule has 0 aromatic carbocycles. The van der Waals surface area contributed by atoms with E-state index in [0.717, 1.165) is 0 Å². The Labute approximate surface area is 147 Å². The van der Waals surface area contributed by atoms with Gasteiger partial charge < -0.3 is 26.4 Å². The van der Waals surface area contributed by atoms with Gasteiger partial charge in [0.05, 0.1) is 12.2 Å². The number of β-amino-alcohol motifs (C(OH)–C–C–N with tert-alkyl or cyclic N) is 1. The average Bonchev–Trinajstić information content (AvgIpc) is 2.49. The number of hydrogen-bond donors (Lipinski definition) is 4. The Morgan fingerprint density at radius 1 is 1.48 bits per heavy atom. The van der Waals surface area contributed by atoms with Crippen LogP contribution in [0.2, 0.25) is 0 Å². The van der Waals surface area contributed by atoms with E-state index < -0.39 is 5.91 Å². The quantitative estimate of drug-likeness (QED) is 0.575. The van der Waals surface area contributed by atoms with Gasteiger partial charge in [0.25, 0.3) is 5.91 Å². The van der Waals surface area contributed by atoms with E-state index in [1.165, 1.54) is 6.20 Å². The third-order valence-electron chi connectivity index (χ3n) is 3.75. The van der Waals surface area contributed by atoms with Gasteiger partial charge in [0.1, 0.15) is 5.82 Å². The molecule has 0 saturated carbocycles. The lowest BCUT2D eigenvalue weighted by Gasteiger charge is -2.33. The second-order valence-electron chi connectivity index (χ2n) is 7.14. The number of anilines is 2. The number of amides is 2. The second kappa shape index (κ2) is 7.64. The van der Waals surface area contributed by atoms with E-state index >= 15 is 0 Å². The van der Waals surface area contributed by atoms with Crippen molar-refractivity contribution in [2.24, 2.45) is 5.73 Å². The summed E-state index contributed by atoms with van der Waals surface area (Å²) in [5.41, 5.74) is 5.38. The Kier molecular flexibility index (Phi) is 5.78. The van der Waals surface area contributed by atoms with Crippen molar-refractivity contribution in [1.82, 2.24) is 14.9 Å². The number of likely N-dealkylation sites (tertiary alicyclic amines) is 1. The maximum absolute atomic E-state index is 11.8. The zero-order chi connectivity index (χ0) is 18.6. The minimum Gasteiger partial charge on any atom is -0.395 e. The topological polar surface area (TPSA) is 133 Å². The van der Waals surface area contributed by atoms with E-state index in [1.807, 2.05) is 20.8 Å². The fraction of sp³-hybridized carbons (Fsp3) is 0.625. The molecule has 2 rings (SSSR count). The number of carbonyl (C=O) groups is 2. The number of carbonyl (C=O) groups excluding carboxylic acids is 2. The van der Waals surface area contributed by atoms with Crippen molar-refractivity contribution in [3.05, 3.63) is 11.8 Å². The number of piperidine rings is 1. The number of nitrogens with one attached hydrogen (secondary N) is 2. The van der Waals surface area contributed by atoms with Gasteiger partial charge in [-0.15, -0.1) is 0 Å². The fourth-order valence-corrected chi connectivity index (χ4v) is 2.63. The first kappa shape index (κ1) is 18.9. The number of nitrogens with two attached hydrogens (primary N) is 1. The molecule has 0 spiro atoms. The van der Waals surface area contributed by atoms with Crippen LogP contribution in [0.4, 0.5) is 11.8 Å². The molecule has 0 radical (unpaired) electrons. The highest BCUT2D eigenvalue weighted by Gasteiger charge is 2.26. The molecule has 0 bridgehead atoms. The van der Waals surface area contributed by atoms with Crippen LogP contribution in [0.1, 0.15) is 44.0 Å². The zero-order valence-electron chi connectivity index (χ0n) is 14.9. The van der Waals surface area contributed by atoms with Crippen LogP contribution < -0.4 is 16.4 Å². The summed E-state index contributed by atoms with van der Waals surface area (Å²) in [5.74, 6) is 0.126. The van der Waals surface area contributed by atoms with Crippen LogP contribution >= 0.6 is 0 Å². The predicted molar refractivity (Wildman–Crippen MR) is 94.2 cm³/mol. The molecule has 5 N–H and O–H groups in total. The molecule has 1 aromatic rings. The summed E-state index contributed by atoms with van der Waals surface area (Å²) in [5, 5.41) is 15.4. The highest BCUT2D eigenvalue weighted by atomic mass is 16.3. The van der Waals surface area contributed by atoms with E-state index in [2.05, 4.69) is 20.6 Å². The molecule has 138 valence electrons. The number of rotatable bonds is 6. The van der Waals surface area contributed by atoms with Crippen molar-refractivity contribution in [1.29, 1.82) is 0 Å². The molecule has 25 heavy (non-hydrogen) atoms. The molecule has 0 aliphatic carbocycles. The zero-order valence-corrected chi connectivity index (χ0v) is 14.9. The Hall–Kier alpha value is -2.42. The van der Waals surface area contributed by atoms with E-state index in [4.69, 9.17) is 10.8 Å². The van der Waals surface area contributed by atoms with E-state index in [-0.39, 0.29) is 29.7 Å². The Morgan fingerprint density at radius 2 is 2.20 bits per heavy atom. The number of aliphatic hydroxyl groups is 1. The van der Waals surface area contributed by atoms with E-state index in [9.17, 15) is 9.59 Å². The Bertz CT molecular complexity index is 643. The van der Waals surface area contributed by atoms with Gasteiger partial charge in [-0.05, 0) is 27.2 Å². The second-order valence-corrected chi connectivity index (χ2v) is 7.14. The van der Waals surface area contributed by atoms with Gasteiger partial charge in [0.2, 0.25) is 11.9 Å². The van der Waals surface area contributed by atoms with Crippen molar-refractivity contribution < 1.29 is 14.7 Å². The predicted octanol–water partition coefficient (Wildman–Crippen LogP) is 0.181. The van der Waals surface area contributed by atoms with Crippen molar-refractivity contribution in [2.45, 2.75) is 45.2 Å². The van der Waals surface area contributed by atoms with Crippen LogP contribution in [0, 0.1) is 0 Å². The minimum absolute atomic E-state index is 0.0139. The smallest absolute Gasteiger partial charge is 0.254 e. The molecule has 2 heterocycles. The van der Waals surface area contributed by atoms with Gasteiger partial charge in [-0.3, -0.25) is 9.59 Å². The number of aromatic nitrogens is 2. The maximum Gasteiger partial charge on any atom is 0.254 e. The molecule has 1 aromatic heterocycles. The monoisotopic (exact) mass is 350 g/mol. The highest BCUT2D eigenvalue weighted by Crippen LogP contribution is 2.20. The molecule has 2 amide bonds. The summed E-state index contributed by atoms with van der Waals surface area (Å²) in [6.07, 6.45) is 2.39. The van der Waals surface area contributed by atoms with Gasteiger partial charge >= 0.3 is 0 Å². The van der Waals surface area contributed by atoms with Gasteiger partial charge in [0.15, 0.2) is 0 Å². The van der Waals surface area contributed by atoms with Crippen LogP contribution in [0.5, 0.6) is 0 Å². The molecule has 1 fully saturated rings. The number of aliphatic hydroxyl groups excluding tert-OH is 1. The van der Waals surface area contributed by atoms with Crippen molar-refractivity contribution in [3.63, 3.8) is 0 Å². The minimum atomic E-state index is -0.621. The van der Waals surface area contributed by atoms with E-state index in [1.54, 1.807) is 4.90 Å². The third-order valence-corrected chi connectivity index (χ3v) is 3.75. The van der Waals surface area contributed by atoms with Crippen molar-refractivity contribution in [2.75, 3.05) is 30.3 Å². The lowest BCUT2D eigenvalue weighted by molar-refractivity contribution is -0.134. The molecule has 9 heteroatoms. The number of nitrogens with zero attached hydrogens (tertiary/aromatic N) is 3. The standard InChI is InChI=1S/C16H26N6O3/c1-16(2,3)21-15-18-8-11(13(17)25)14(20-15)19-10-4-5-12(24)22(9-10)6-7-23/h8,10,23H,4-7,9H2,1-3H3,(H2,17,25)(H2,18,19,20,21). The molecule has 1 aliphatic rings. The largest absolute Gasteiger partial charge is 0.395 e. The first-order chi connectivity index (χ1) is 11.7. The van der Waals surface area contributed by atoms with E-state index in [0.29, 0.717) is 37.7 Å².